The molecule has 2 heteroatoms. The van der Waals surface area contributed by atoms with Gasteiger partial charge < -0.3 is 5.73 Å². The fourth-order valence-electron chi connectivity index (χ4n) is 2.13. The molecule has 0 bridgehead atoms. The fourth-order valence-corrected chi connectivity index (χ4v) is 2.13. The van der Waals surface area contributed by atoms with Crippen LogP contribution in [0.1, 0.15) is 52.4 Å². The van der Waals surface area contributed by atoms with Gasteiger partial charge in [-0.1, -0.05) is 26.2 Å². The van der Waals surface area contributed by atoms with Gasteiger partial charge in [0.25, 0.3) is 0 Å². The van der Waals surface area contributed by atoms with Gasteiger partial charge in [0, 0.05) is 0 Å². The second kappa shape index (κ2) is 3.92. The lowest BCUT2D eigenvalue weighted by atomic mass is 9.80. The van der Waals surface area contributed by atoms with Gasteiger partial charge in [0.1, 0.15) is 0 Å². The van der Waals surface area contributed by atoms with Crippen molar-refractivity contribution < 1.29 is 0 Å². The van der Waals surface area contributed by atoms with Crippen LogP contribution in [0.25, 0.3) is 0 Å². The van der Waals surface area contributed by atoms with E-state index in [0.29, 0.717) is 0 Å². The maximum absolute atomic E-state index is 5.63. The lowest BCUT2D eigenvalue weighted by Gasteiger charge is -2.32. The molecule has 0 amide bonds. The summed E-state index contributed by atoms with van der Waals surface area (Å²) >= 11 is 0. The van der Waals surface area contributed by atoms with E-state index in [2.05, 4.69) is 11.9 Å². The monoisotopic (exact) mass is 168 g/mol. The third kappa shape index (κ3) is 2.23. The van der Waals surface area contributed by atoms with Crippen LogP contribution in [0.2, 0.25) is 0 Å². The van der Waals surface area contributed by atoms with Crippen LogP contribution in [0.3, 0.4) is 0 Å². The van der Waals surface area contributed by atoms with Crippen LogP contribution >= 0.6 is 0 Å². The standard InChI is InChI=1S/C10H20N2/c1-3-10(12-9(2)11)7-5-4-6-8-10/h3-8H2,1-2H3,(H2,11,12). The Bertz CT molecular complexity index is 163. The first-order chi connectivity index (χ1) is 5.68. The van der Waals surface area contributed by atoms with Crippen LogP contribution in [-0.2, 0) is 0 Å². The molecule has 0 radical (unpaired) electrons. The van der Waals surface area contributed by atoms with Crippen molar-refractivity contribution in [2.24, 2.45) is 10.7 Å². The minimum absolute atomic E-state index is 0.205. The fraction of sp³-hybridized carbons (Fsp3) is 0.900. The Kier molecular flexibility index (Phi) is 3.12. The molecule has 2 nitrogen and oxygen atoms in total. The van der Waals surface area contributed by atoms with Crippen molar-refractivity contribution in [2.75, 3.05) is 0 Å². The zero-order valence-corrected chi connectivity index (χ0v) is 8.27. The predicted octanol–water partition coefficient (Wildman–Crippen LogP) is 2.48. The van der Waals surface area contributed by atoms with E-state index >= 15 is 0 Å². The Morgan fingerprint density at radius 2 is 1.92 bits per heavy atom. The first kappa shape index (κ1) is 9.56. The molecule has 1 aliphatic carbocycles. The normalized spacial score (nSPS) is 24.0. The van der Waals surface area contributed by atoms with Gasteiger partial charge in [-0.05, 0) is 26.2 Å². The average Bonchev–Trinajstić information content (AvgIpc) is 2.05. The van der Waals surface area contributed by atoms with E-state index in [1.165, 1.54) is 32.1 Å². The summed E-state index contributed by atoms with van der Waals surface area (Å²) in [4.78, 5) is 4.58. The smallest absolute Gasteiger partial charge is 0.0912 e. The van der Waals surface area contributed by atoms with Crippen molar-refractivity contribution in [1.82, 2.24) is 0 Å². The second-order valence-electron chi connectivity index (χ2n) is 3.89. The van der Waals surface area contributed by atoms with Crippen LogP contribution < -0.4 is 5.73 Å². The van der Waals surface area contributed by atoms with Gasteiger partial charge in [-0.3, -0.25) is 4.99 Å². The largest absolute Gasteiger partial charge is 0.388 e. The molecule has 1 fully saturated rings. The zero-order chi connectivity index (χ0) is 9.03. The van der Waals surface area contributed by atoms with Gasteiger partial charge in [-0.2, -0.15) is 0 Å². The van der Waals surface area contributed by atoms with E-state index in [9.17, 15) is 0 Å². The summed E-state index contributed by atoms with van der Waals surface area (Å²) in [5, 5.41) is 0. The van der Waals surface area contributed by atoms with Crippen LogP contribution in [0.4, 0.5) is 0 Å². The molecule has 0 aromatic heterocycles. The van der Waals surface area contributed by atoms with Crippen LogP contribution in [0, 0.1) is 0 Å². The molecule has 1 saturated carbocycles. The molecule has 2 N–H and O–H groups in total. The molecule has 0 spiro atoms. The molecule has 0 saturated heterocycles. The molecule has 0 heterocycles. The molecule has 0 aromatic carbocycles. The summed E-state index contributed by atoms with van der Waals surface area (Å²) in [6.45, 7) is 4.11. The highest BCUT2D eigenvalue weighted by Crippen LogP contribution is 2.34. The zero-order valence-electron chi connectivity index (χ0n) is 8.27. The first-order valence-electron chi connectivity index (χ1n) is 5.00. The number of amidine groups is 1. The van der Waals surface area contributed by atoms with E-state index in [-0.39, 0.29) is 5.54 Å². The quantitative estimate of drug-likeness (QED) is 0.499. The summed E-state index contributed by atoms with van der Waals surface area (Å²) in [5.41, 5.74) is 5.84. The highest BCUT2D eigenvalue weighted by molar-refractivity contribution is 5.77. The van der Waals surface area contributed by atoms with Gasteiger partial charge in [-0.25, -0.2) is 0 Å². The third-order valence-corrected chi connectivity index (χ3v) is 2.86. The second-order valence-corrected chi connectivity index (χ2v) is 3.89. The Hall–Kier alpha value is -0.530. The van der Waals surface area contributed by atoms with Crippen molar-refractivity contribution in [2.45, 2.75) is 57.9 Å². The number of aliphatic imine (C=N–C) groups is 1. The highest BCUT2D eigenvalue weighted by atomic mass is 14.9. The van der Waals surface area contributed by atoms with Crippen molar-refractivity contribution in [3.63, 3.8) is 0 Å². The van der Waals surface area contributed by atoms with Gasteiger partial charge in [-0.15, -0.1) is 0 Å². The number of hydrogen-bond donors (Lipinski definition) is 1. The Morgan fingerprint density at radius 3 is 2.33 bits per heavy atom. The van der Waals surface area contributed by atoms with Crippen molar-refractivity contribution in [1.29, 1.82) is 0 Å². The highest BCUT2D eigenvalue weighted by Gasteiger charge is 2.29. The van der Waals surface area contributed by atoms with Crippen LogP contribution in [0.5, 0.6) is 0 Å². The maximum atomic E-state index is 5.63. The van der Waals surface area contributed by atoms with Crippen molar-refractivity contribution in [3.05, 3.63) is 0 Å². The summed E-state index contributed by atoms with van der Waals surface area (Å²) in [6.07, 6.45) is 7.63. The summed E-state index contributed by atoms with van der Waals surface area (Å²) in [7, 11) is 0. The van der Waals surface area contributed by atoms with Crippen LogP contribution in [0.15, 0.2) is 4.99 Å². The molecule has 1 rings (SSSR count). The molecule has 0 atom stereocenters. The molecule has 0 aliphatic heterocycles. The third-order valence-electron chi connectivity index (χ3n) is 2.86. The van der Waals surface area contributed by atoms with E-state index in [1.807, 2.05) is 6.92 Å². The minimum Gasteiger partial charge on any atom is -0.388 e. The van der Waals surface area contributed by atoms with Gasteiger partial charge in [0.2, 0.25) is 0 Å². The van der Waals surface area contributed by atoms with E-state index in [1.54, 1.807) is 0 Å². The number of hydrogen-bond acceptors (Lipinski definition) is 1. The Labute approximate surface area is 75.3 Å². The topological polar surface area (TPSA) is 38.4 Å². The Balaban J connectivity index is 2.66. The summed E-state index contributed by atoms with van der Waals surface area (Å²) < 4.78 is 0. The van der Waals surface area contributed by atoms with E-state index in [0.717, 1.165) is 12.3 Å². The van der Waals surface area contributed by atoms with Crippen molar-refractivity contribution in [3.8, 4) is 0 Å². The molecular weight excluding hydrogens is 148 g/mol. The minimum atomic E-state index is 0.205. The SMILES string of the molecule is CCC1(N=C(C)N)CCCCC1. The van der Waals surface area contributed by atoms with E-state index in [4.69, 9.17) is 5.73 Å². The Morgan fingerprint density at radius 1 is 1.33 bits per heavy atom. The van der Waals surface area contributed by atoms with E-state index < -0.39 is 0 Å². The molecule has 12 heavy (non-hydrogen) atoms. The lowest BCUT2D eigenvalue weighted by Crippen LogP contribution is -2.31. The summed E-state index contributed by atoms with van der Waals surface area (Å²) in [6, 6.07) is 0. The molecule has 70 valence electrons. The number of rotatable bonds is 2. The number of nitrogens with zero attached hydrogens (tertiary/aromatic N) is 1. The predicted molar refractivity (Wildman–Crippen MR) is 53.4 cm³/mol. The van der Waals surface area contributed by atoms with Gasteiger partial charge in [0.05, 0.1) is 11.4 Å². The first-order valence-corrected chi connectivity index (χ1v) is 5.00. The van der Waals surface area contributed by atoms with Crippen molar-refractivity contribution >= 4 is 5.84 Å². The molecule has 1 aliphatic rings. The molecule has 0 unspecified atom stereocenters. The lowest BCUT2D eigenvalue weighted by molar-refractivity contribution is 0.290. The number of nitrogens with two attached hydrogens (primary N) is 1. The molecular formula is C10H20N2. The van der Waals surface area contributed by atoms with Gasteiger partial charge in [0.15, 0.2) is 0 Å². The summed E-state index contributed by atoms with van der Waals surface area (Å²) in [5.74, 6) is 0.749. The van der Waals surface area contributed by atoms with Crippen LogP contribution in [-0.4, -0.2) is 11.4 Å². The van der Waals surface area contributed by atoms with Gasteiger partial charge >= 0.3 is 0 Å². The maximum Gasteiger partial charge on any atom is 0.0912 e. The molecule has 0 aromatic rings. The average molecular weight is 168 g/mol.